The lowest BCUT2D eigenvalue weighted by Crippen LogP contribution is -2.34. The van der Waals surface area contributed by atoms with Crippen molar-refractivity contribution in [1.82, 2.24) is 5.32 Å². The summed E-state index contributed by atoms with van der Waals surface area (Å²) in [5.74, 6) is 0.292. The van der Waals surface area contributed by atoms with Crippen molar-refractivity contribution in [3.05, 3.63) is 0 Å². The van der Waals surface area contributed by atoms with Gasteiger partial charge in [0.2, 0.25) is 5.91 Å². The van der Waals surface area contributed by atoms with Crippen LogP contribution in [-0.4, -0.2) is 11.9 Å². The van der Waals surface area contributed by atoms with Gasteiger partial charge in [0, 0.05) is 12.5 Å². The minimum atomic E-state index is 0.292. The molecule has 1 amide bonds. The molecule has 0 rings (SSSR count). The highest BCUT2D eigenvalue weighted by Gasteiger charge is 2.10. The van der Waals surface area contributed by atoms with Crippen LogP contribution in [0.3, 0.4) is 0 Å². The van der Waals surface area contributed by atoms with Crippen LogP contribution in [0.25, 0.3) is 0 Å². The Bertz CT molecular complexity index is 435. The standard InChI is InChI=1S/C35H71NO/c1-4-7-9-11-13-15-17-19-21-22-24-26-28-30-32-34(6-3)36-35(37)33-31-29-27-25-23-20-18-16-14-12-10-8-5-2/h34H,4-33H2,1-3H3,(H,36,37). The van der Waals surface area contributed by atoms with E-state index in [1.165, 1.54) is 173 Å². The van der Waals surface area contributed by atoms with Crippen LogP contribution in [0, 0.1) is 0 Å². The molecule has 0 aliphatic heterocycles. The van der Waals surface area contributed by atoms with E-state index in [-0.39, 0.29) is 0 Å². The fourth-order valence-corrected chi connectivity index (χ4v) is 5.57. The van der Waals surface area contributed by atoms with Crippen molar-refractivity contribution in [1.29, 1.82) is 0 Å². The van der Waals surface area contributed by atoms with E-state index in [4.69, 9.17) is 0 Å². The zero-order chi connectivity index (χ0) is 27.1. The smallest absolute Gasteiger partial charge is 0.220 e. The minimum absolute atomic E-state index is 0.292. The van der Waals surface area contributed by atoms with Gasteiger partial charge < -0.3 is 5.32 Å². The van der Waals surface area contributed by atoms with Gasteiger partial charge in [-0.1, -0.05) is 188 Å². The van der Waals surface area contributed by atoms with Crippen molar-refractivity contribution >= 4 is 5.91 Å². The molecule has 0 spiro atoms. The number of carbonyl (C=O) groups is 1. The molecule has 1 unspecified atom stereocenters. The van der Waals surface area contributed by atoms with Crippen molar-refractivity contribution in [3.8, 4) is 0 Å². The molecular formula is C35H71NO. The van der Waals surface area contributed by atoms with Gasteiger partial charge in [0.1, 0.15) is 0 Å². The first-order valence-electron chi connectivity index (χ1n) is 17.5. The number of nitrogens with one attached hydrogen (secondary N) is 1. The van der Waals surface area contributed by atoms with Gasteiger partial charge in [0.05, 0.1) is 0 Å². The van der Waals surface area contributed by atoms with E-state index >= 15 is 0 Å². The van der Waals surface area contributed by atoms with Crippen LogP contribution in [-0.2, 0) is 4.79 Å². The second-order valence-electron chi connectivity index (χ2n) is 12.1. The molecule has 0 heterocycles. The molecule has 1 atom stereocenters. The lowest BCUT2D eigenvalue weighted by molar-refractivity contribution is -0.122. The molecule has 0 aromatic heterocycles. The quantitative estimate of drug-likeness (QED) is 0.0903. The molecule has 0 aliphatic carbocycles. The Morgan fingerprint density at radius 1 is 0.432 bits per heavy atom. The van der Waals surface area contributed by atoms with Gasteiger partial charge in [0.25, 0.3) is 0 Å². The number of rotatable bonds is 31. The summed E-state index contributed by atoms with van der Waals surface area (Å²) in [7, 11) is 0. The summed E-state index contributed by atoms with van der Waals surface area (Å²) < 4.78 is 0. The van der Waals surface area contributed by atoms with Crippen LogP contribution in [0.5, 0.6) is 0 Å². The fraction of sp³-hybridized carbons (Fsp3) is 0.971. The highest BCUT2D eigenvalue weighted by Crippen LogP contribution is 2.15. The Balaban J connectivity index is 3.40. The Labute approximate surface area is 235 Å². The molecule has 0 radical (unpaired) electrons. The Kier molecular flexibility index (Phi) is 31.2. The average molecular weight is 522 g/mol. The number of unbranched alkanes of at least 4 members (excludes halogenated alkanes) is 25. The number of hydrogen-bond acceptors (Lipinski definition) is 1. The largest absolute Gasteiger partial charge is 0.353 e. The summed E-state index contributed by atoms with van der Waals surface area (Å²) in [6, 6.07) is 0.395. The van der Waals surface area contributed by atoms with Crippen molar-refractivity contribution in [2.75, 3.05) is 0 Å². The first kappa shape index (κ1) is 36.5. The summed E-state index contributed by atoms with van der Waals surface area (Å²) in [4.78, 5) is 12.4. The van der Waals surface area contributed by atoms with Crippen molar-refractivity contribution in [2.24, 2.45) is 0 Å². The Morgan fingerprint density at radius 3 is 1.05 bits per heavy atom. The molecule has 0 aromatic carbocycles. The van der Waals surface area contributed by atoms with E-state index in [1.54, 1.807) is 0 Å². The van der Waals surface area contributed by atoms with Crippen LogP contribution in [0.1, 0.15) is 213 Å². The third-order valence-electron chi connectivity index (χ3n) is 8.27. The predicted octanol–water partition coefficient (Wildman–Crippen LogP) is 12.2. The monoisotopic (exact) mass is 522 g/mol. The van der Waals surface area contributed by atoms with Gasteiger partial charge in [0.15, 0.2) is 0 Å². The molecule has 0 saturated heterocycles. The van der Waals surface area contributed by atoms with Crippen molar-refractivity contribution in [2.45, 2.75) is 219 Å². The van der Waals surface area contributed by atoms with Crippen LogP contribution in [0.2, 0.25) is 0 Å². The Morgan fingerprint density at radius 2 is 0.730 bits per heavy atom. The molecule has 0 fully saturated rings. The van der Waals surface area contributed by atoms with Crippen LogP contribution in [0.15, 0.2) is 0 Å². The van der Waals surface area contributed by atoms with Gasteiger partial charge in [-0.3, -0.25) is 4.79 Å². The molecule has 0 aliphatic rings. The molecule has 0 saturated carbocycles. The SMILES string of the molecule is CCCCCCCCCCCCCCCCC(CC)NC(=O)CCCCCCCCCCCCCCC. The van der Waals surface area contributed by atoms with Crippen LogP contribution < -0.4 is 5.32 Å². The van der Waals surface area contributed by atoms with E-state index in [2.05, 4.69) is 26.1 Å². The summed E-state index contributed by atoms with van der Waals surface area (Å²) in [6.07, 6.45) is 40.3. The number of hydrogen-bond donors (Lipinski definition) is 1. The molecule has 0 aromatic rings. The van der Waals surface area contributed by atoms with E-state index < -0.39 is 0 Å². The minimum Gasteiger partial charge on any atom is -0.353 e. The molecule has 1 N–H and O–H groups in total. The lowest BCUT2D eigenvalue weighted by atomic mass is 10.0. The predicted molar refractivity (Wildman–Crippen MR) is 167 cm³/mol. The second kappa shape index (κ2) is 31.7. The molecule has 222 valence electrons. The maximum Gasteiger partial charge on any atom is 0.220 e. The summed E-state index contributed by atoms with van der Waals surface area (Å²) in [5, 5.41) is 3.32. The first-order chi connectivity index (χ1) is 18.2. The molecular weight excluding hydrogens is 450 g/mol. The Hall–Kier alpha value is -0.530. The van der Waals surface area contributed by atoms with Gasteiger partial charge in [-0.15, -0.1) is 0 Å². The summed E-state index contributed by atoms with van der Waals surface area (Å²) in [6.45, 7) is 6.80. The zero-order valence-electron chi connectivity index (χ0n) is 26.2. The molecule has 2 nitrogen and oxygen atoms in total. The highest BCUT2D eigenvalue weighted by molar-refractivity contribution is 5.76. The molecule has 2 heteroatoms. The topological polar surface area (TPSA) is 29.1 Å². The molecule has 0 bridgehead atoms. The number of carbonyl (C=O) groups excluding carboxylic acids is 1. The second-order valence-corrected chi connectivity index (χ2v) is 12.1. The van der Waals surface area contributed by atoms with E-state index in [0.717, 1.165) is 19.3 Å². The van der Waals surface area contributed by atoms with Gasteiger partial charge >= 0.3 is 0 Å². The fourth-order valence-electron chi connectivity index (χ4n) is 5.57. The van der Waals surface area contributed by atoms with Crippen LogP contribution >= 0.6 is 0 Å². The average Bonchev–Trinajstić information content (AvgIpc) is 2.90. The molecule has 37 heavy (non-hydrogen) atoms. The van der Waals surface area contributed by atoms with Gasteiger partial charge in [-0.05, 0) is 19.3 Å². The maximum atomic E-state index is 12.4. The maximum absolute atomic E-state index is 12.4. The zero-order valence-corrected chi connectivity index (χ0v) is 26.2. The van der Waals surface area contributed by atoms with E-state index in [0.29, 0.717) is 11.9 Å². The normalized spacial score (nSPS) is 12.2. The summed E-state index contributed by atoms with van der Waals surface area (Å²) in [5.41, 5.74) is 0. The third kappa shape index (κ3) is 29.9. The number of amides is 1. The first-order valence-corrected chi connectivity index (χ1v) is 17.5. The van der Waals surface area contributed by atoms with E-state index in [1.807, 2.05) is 0 Å². The van der Waals surface area contributed by atoms with Crippen molar-refractivity contribution < 1.29 is 4.79 Å². The van der Waals surface area contributed by atoms with Crippen molar-refractivity contribution in [3.63, 3.8) is 0 Å². The van der Waals surface area contributed by atoms with Crippen LogP contribution in [0.4, 0.5) is 0 Å². The summed E-state index contributed by atoms with van der Waals surface area (Å²) >= 11 is 0. The van der Waals surface area contributed by atoms with E-state index in [9.17, 15) is 4.79 Å². The van der Waals surface area contributed by atoms with Gasteiger partial charge in [-0.2, -0.15) is 0 Å². The highest BCUT2D eigenvalue weighted by atomic mass is 16.1. The van der Waals surface area contributed by atoms with Gasteiger partial charge in [-0.25, -0.2) is 0 Å². The lowest BCUT2D eigenvalue weighted by Gasteiger charge is -2.17. The third-order valence-corrected chi connectivity index (χ3v) is 8.27.